The average molecular weight is 310 g/mol. The molecule has 0 heterocycles. The van der Waals surface area contributed by atoms with Crippen molar-refractivity contribution in [2.75, 3.05) is 6.61 Å². The Hall–Kier alpha value is -0.610. The molecule has 5 atom stereocenters. The lowest BCUT2D eigenvalue weighted by Crippen LogP contribution is -2.68. The number of rotatable bonds is 4. The quantitative estimate of drug-likeness (QED) is 0.783. The lowest BCUT2D eigenvalue weighted by molar-refractivity contribution is -0.271. The summed E-state index contributed by atoms with van der Waals surface area (Å²) in [5.41, 5.74) is -2.29. The van der Waals surface area contributed by atoms with E-state index in [-0.39, 0.29) is 17.3 Å². The number of ether oxygens (including phenoxy) is 1. The molecular weight excluding hydrogens is 280 g/mol. The van der Waals surface area contributed by atoms with Gasteiger partial charge in [0.1, 0.15) is 0 Å². The average Bonchev–Trinajstić information content (AvgIpc) is 2.40. The highest BCUT2D eigenvalue weighted by molar-refractivity contribution is 5.75. The first-order valence-corrected chi connectivity index (χ1v) is 8.66. The summed E-state index contributed by atoms with van der Waals surface area (Å²) in [6.45, 7) is 8.19. The van der Waals surface area contributed by atoms with E-state index in [4.69, 9.17) is 4.74 Å². The van der Waals surface area contributed by atoms with E-state index in [0.29, 0.717) is 25.4 Å². The monoisotopic (exact) mass is 310 g/mol. The predicted octanol–water partition coefficient (Wildman–Crippen LogP) is 2.66. The van der Waals surface area contributed by atoms with E-state index in [1.54, 1.807) is 0 Å². The van der Waals surface area contributed by atoms with Crippen molar-refractivity contribution in [1.29, 1.82) is 0 Å². The van der Waals surface area contributed by atoms with Gasteiger partial charge in [0, 0.05) is 11.8 Å². The van der Waals surface area contributed by atoms with Gasteiger partial charge in [-0.25, -0.2) is 0 Å². The lowest BCUT2D eigenvalue weighted by atomic mass is 9.42. The molecule has 4 aliphatic carbocycles. The van der Waals surface area contributed by atoms with Gasteiger partial charge in [-0.15, -0.1) is 0 Å². The zero-order valence-corrected chi connectivity index (χ0v) is 14.3. The summed E-state index contributed by atoms with van der Waals surface area (Å²) >= 11 is 0. The Labute approximate surface area is 133 Å². The Morgan fingerprint density at radius 3 is 2.50 bits per heavy atom. The zero-order chi connectivity index (χ0) is 16.4. The Bertz CT molecular complexity index is 487. The summed E-state index contributed by atoms with van der Waals surface area (Å²) in [6.07, 6.45) is 4.40. The largest absolute Gasteiger partial charge is 0.465 e. The molecule has 0 aliphatic heterocycles. The number of hydrogen-bond donors (Lipinski definition) is 2. The first-order chi connectivity index (χ1) is 10.0. The minimum absolute atomic E-state index is 0.0642. The van der Waals surface area contributed by atoms with E-state index < -0.39 is 16.6 Å². The SMILES string of the molecule is CCC(C)(C)C(=O)OCC12CC3CC(O)(CC(O)(C3)C1C)C2. The molecule has 4 heteroatoms. The van der Waals surface area contributed by atoms with Crippen molar-refractivity contribution >= 4 is 5.97 Å². The molecule has 22 heavy (non-hydrogen) atoms. The van der Waals surface area contributed by atoms with Crippen molar-refractivity contribution in [1.82, 2.24) is 0 Å². The van der Waals surface area contributed by atoms with Gasteiger partial charge in [0.15, 0.2) is 0 Å². The molecule has 4 bridgehead atoms. The normalized spacial score (nSPS) is 46.8. The summed E-state index contributed by atoms with van der Waals surface area (Å²) in [4.78, 5) is 12.3. The first kappa shape index (κ1) is 16.3. The number of aliphatic hydroxyl groups is 2. The summed E-state index contributed by atoms with van der Waals surface area (Å²) < 4.78 is 5.68. The van der Waals surface area contributed by atoms with Crippen LogP contribution in [-0.4, -0.2) is 34.0 Å². The van der Waals surface area contributed by atoms with E-state index in [2.05, 4.69) is 6.92 Å². The van der Waals surface area contributed by atoms with E-state index in [1.807, 2.05) is 20.8 Å². The van der Waals surface area contributed by atoms with Gasteiger partial charge in [0.25, 0.3) is 0 Å². The van der Waals surface area contributed by atoms with E-state index in [0.717, 1.165) is 25.7 Å². The molecular formula is C18H30O4. The number of carbonyl (C=O) groups excluding carboxylic acids is 1. The molecule has 0 saturated heterocycles. The Morgan fingerprint density at radius 2 is 1.91 bits per heavy atom. The summed E-state index contributed by atoms with van der Waals surface area (Å²) in [6, 6.07) is 0. The maximum Gasteiger partial charge on any atom is 0.311 e. The van der Waals surface area contributed by atoms with Gasteiger partial charge in [0.2, 0.25) is 0 Å². The van der Waals surface area contributed by atoms with Crippen LogP contribution in [0.1, 0.15) is 66.2 Å². The predicted molar refractivity (Wildman–Crippen MR) is 83.1 cm³/mol. The zero-order valence-electron chi connectivity index (χ0n) is 14.3. The molecule has 0 aromatic carbocycles. The van der Waals surface area contributed by atoms with Crippen LogP contribution in [0.4, 0.5) is 0 Å². The molecule has 0 aromatic heterocycles. The van der Waals surface area contributed by atoms with Crippen molar-refractivity contribution in [2.45, 2.75) is 77.4 Å². The molecule has 2 N–H and O–H groups in total. The third kappa shape index (κ3) is 2.30. The summed E-state index contributed by atoms with van der Waals surface area (Å²) in [5.74, 6) is 0.248. The minimum atomic E-state index is -0.791. The van der Waals surface area contributed by atoms with Gasteiger partial charge in [-0.05, 0) is 57.8 Å². The van der Waals surface area contributed by atoms with Crippen molar-refractivity contribution in [2.24, 2.45) is 22.7 Å². The molecule has 4 nitrogen and oxygen atoms in total. The molecule has 4 fully saturated rings. The van der Waals surface area contributed by atoms with Gasteiger partial charge in [0.05, 0.1) is 23.2 Å². The number of esters is 1. The van der Waals surface area contributed by atoms with Crippen LogP contribution in [0, 0.1) is 22.7 Å². The van der Waals surface area contributed by atoms with Gasteiger partial charge in [-0.1, -0.05) is 13.8 Å². The van der Waals surface area contributed by atoms with Gasteiger partial charge >= 0.3 is 5.97 Å². The van der Waals surface area contributed by atoms with Crippen LogP contribution in [0.2, 0.25) is 0 Å². The number of hydrogen-bond acceptors (Lipinski definition) is 4. The molecule has 0 amide bonds. The molecule has 4 aliphatic rings. The topological polar surface area (TPSA) is 66.8 Å². The fourth-order valence-electron chi connectivity index (χ4n) is 5.42. The summed E-state index contributed by atoms with van der Waals surface area (Å²) in [7, 11) is 0. The van der Waals surface area contributed by atoms with E-state index in [9.17, 15) is 15.0 Å². The second-order valence-electron chi connectivity index (χ2n) is 9.06. The summed E-state index contributed by atoms with van der Waals surface area (Å²) in [5, 5.41) is 21.8. The molecule has 4 rings (SSSR count). The van der Waals surface area contributed by atoms with Crippen LogP contribution in [0.25, 0.3) is 0 Å². The van der Waals surface area contributed by atoms with Crippen molar-refractivity contribution in [3.63, 3.8) is 0 Å². The van der Waals surface area contributed by atoms with Crippen molar-refractivity contribution < 1.29 is 19.7 Å². The van der Waals surface area contributed by atoms with Crippen LogP contribution >= 0.6 is 0 Å². The highest BCUT2D eigenvalue weighted by Crippen LogP contribution is 2.65. The third-order valence-corrected chi connectivity index (χ3v) is 6.97. The minimum Gasteiger partial charge on any atom is -0.465 e. The third-order valence-electron chi connectivity index (χ3n) is 6.97. The van der Waals surface area contributed by atoms with Crippen molar-refractivity contribution in [3.05, 3.63) is 0 Å². The Kier molecular flexibility index (Phi) is 3.47. The van der Waals surface area contributed by atoms with Gasteiger partial charge in [-0.2, -0.15) is 0 Å². The molecule has 126 valence electrons. The van der Waals surface area contributed by atoms with Crippen LogP contribution in [0.5, 0.6) is 0 Å². The molecule has 5 unspecified atom stereocenters. The number of carbonyl (C=O) groups is 1. The smallest absolute Gasteiger partial charge is 0.311 e. The molecule has 0 spiro atoms. The second kappa shape index (κ2) is 4.70. The maximum atomic E-state index is 12.3. The second-order valence-corrected chi connectivity index (χ2v) is 9.06. The Balaban J connectivity index is 1.79. The maximum absolute atomic E-state index is 12.3. The molecule has 0 aromatic rings. The van der Waals surface area contributed by atoms with Crippen molar-refractivity contribution in [3.8, 4) is 0 Å². The molecule has 0 radical (unpaired) electrons. The van der Waals surface area contributed by atoms with Gasteiger partial charge in [-0.3, -0.25) is 4.79 Å². The van der Waals surface area contributed by atoms with Crippen LogP contribution < -0.4 is 0 Å². The van der Waals surface area contributed by atoms with Gasteiger partial charge < -0.3 is 14.9 Å². The van der Waals surface area contributed by atoms with E-state index in [1.165, 1.54) is 0 Å². The highest BCUT2D eigenvalue weighted by Gasteiger charge is 2.66. The van der Waals surface area contributed by atoms with Crippen LogP contribution in [-0.2, 0) is 9.53 Å². The highest BCUT2D eigenvalue weighted by atomic mass is 16.5. The molecule has 4 saturated carbocycles. The van der Waals surface area contributed by atoms with E-state index >= 15 is 0 Å². The first-order valence-electron chi connectivity index (χ1n) is 8.66. The Morgan fingerprint density at radius 1 is 1.23 bits per heavy atom. The lowest BCUT2D eigenvalue weighted by Gasteiger charge is -2.66. The van der Waals surface area contributed by atoms with Crippen LogP contribution in [0.15, 0.2) is 0 Å². The fourth-order valence-corrected chi connectivity index (χ4v) is 5.42. The standard InChI is InChI=1S/C18H30O4/c1-5-15(3,4)14(19)22-11-16-6-13-7-17(20,9-16)10-18(21,8-13)12(16)2/h12-13,20-21H,5-11H2,1-4H3. The fraction of sp³-hybridized carbons (Fsp3) is 0.944. The van der Waals surface area contributed by atoms with Crippen LogP contribution in [0.3, 0.4) is 0 Å².